The van der Waals surface area contributed by atoms with Gasteiger partial charge in [-0.3, -0.25) is 0 Å². The summed E-state index contributed by atoms with van der Waals surface area (Å²) in [4.78, 5) is 12.9. The van der Waals surface area contributed by atoms with Crippen LogP contribution in [0.3, 0.4) is 0 Å². The standard InChI is InChI=1S/C44H63NO11Si/c1-8-47-25-40(56-44(46)45-18-13-19-57(53-9-2,54-10-3)55-11-4)30-50-41-15-12-14-36(32(41)6)21-35-22-37(33(7)43(24-35)52-29-39-27-49-39)20-34-17-16-31(5)42(23-34)51-28-38-26-48-38/h12,14-17,22-24,38-40H,8-11,13,18-21,25-30H2,1-7H3,(H,45,46). The highest BCUT2D eigenvalue weighted by molar-refractivity contribution is 6.60. The lowest BCUT2D eigenvalue weighted by atomic mass is 9.93. The van der Waals surface area contributed by atoms with Crippen molar-refractivity contribution in [3.05, 3.63) is 87.5 Å². The lowest BCUT2D eigenvalue weighted by Gasteiger charge is -2.28. The van der Waals surface area contributed by atoms with Gasteiger partial charge in [0.25, 0.3) is 0 Å². The lowest BCUT2D eigenvalue weighted by Crippen LogP contribution is -2.46. The highest BCUT2D eigenvalue weighted by atomic mass is 28.4. The molecule has 0 radical (unpaired) electrons. The number of hydrogen-bond acceptors (Lipinski definition) is 11. The third kappa shape index (κ3) is 14.3. The Kier molecular flexibility index (Phi) is 17.5. The van der Waals surface area contributed by atoms with Crippen LogP contribution >= 0.6 is 0 Å². The van der Waals surface area contributed by atoms with Crippen molar-refractivity contribution < 1.29 is 51.2 Å². The van der Waals surface area contributed by atoms with E-state index in [0.29, 0.717) is 65.1 Å². The van der Waals surface area contributed by atoms with Crippen LogP contribution < -0.4 is 19.5 Å². The van der Waals surface area contributed by atoms with Gasteiger partial charge in [0.2, 0.25) is 0 Å². The van der Waals surface area contributed by atoms with Crippen LogP contribution in [0.15, 0.2) is 48.5 Å². The van der Waals surface area contributed by atoms with E-state index >= 15 is 0 Å². The first-order valence-electron chi connectivity index (χ1n) is 20.5. The van der Waals surface area contributed by atoms with Crippen molar-refractivity contribution in [1.29, 1.82) is 0 Å². The van der Waals surface area contributed by atoms with Gasteiger partial charge in [-0.05, 0) is 125 Å². The smallest absolute Gasteiger partial charge is 0.491 e. The molecular formula is C44H63NO11Si. The van der Waals surface area contributed by atoms with Crippen LogP contribution in [0.4, 0.5) is 4.79 Å². The van der Waals surface area contributed by atoms with E-state index in [2.05, 4.69) is 62.5 Å². The van der Waals surface area contributed by atoms with E-state index in [4.69, 9.17) is 46.4 Å². The fraction of sp³-hybridized carbons (Fsp3) is 0.568. The first-order chi connectivity index (χ1) is 27.6. The molecule has 12 nitrogen and oxygen atoms in total. The number of benzene rings is 3. The number of amides is 1. The number of ether oxygens (including phenoxy) is 7. The average Bonchev–Trinajstić information content (AvgIpc) is 4.14. The van der Waals surface area contributed by atoms with Crippen molar-refractivity contribution in [1.82, 2.24) is 5.32 Å². The molecule has 0 spiro atoms. The molecule has 3 atom stereocenters. The van der Waals surface area contributed by atoms with Gasteiger partial charge in [0.05, 0.1) is 19.8 Å². The normalized spacial score (nSPS) is 16.5. The Bertz CT molecular complexity index is 1700. The van der Waals surface area contributed by atoms with Crippen LogP contribution in [0.2, 0.25) is 6.04 Å². The van der Waals surface area contributed by atoms with Gasteiger partial charge in [-0.25, -0.2) is 4.79 Å². The molecule has 1 amide bonds. The third-order valence-corrected chi connectivity index (χ3v) is 13.0. The van der Waals surface area contributed by atoms with Crippen molar-refractivity contribution in [2.24, 2.45) is 0 Å². The minimum absolute atomic E-state index is 0.137. The van der Waals surface area contributed by atoms with E-state index in [1.165, 1.54) is 11.1 Å². The van der Waals surface area contributed by atoms with Crippen LogP contribution in [0.5, 0.6) is 17.2 Å². The zero-order chi connectivity index (χ0) is 40.6. The monoisotopic (exact) mass is 809 g/mol. The molecule has 3 aromatic carbocycles. The van der Waals surface area contributed by atoms with Crippen LogP contribution in [0, 0.1) is 20.8 Å². The Morgan fingerprint density at radius 2 is 1.37 bits per heavy atom. The van der Waals surface area contributed by atoms with E-state index in [0.717, 1.165) is 64.7 Å². The molecule has 2 saturated heterocycles. The van der Waals surface area contributed by atoms with E-state index in [1.54, 1.807) is 0 Å². The number of aryl methyl sites for hydroxylation is 1. The van der Waals surface area contributed by atoms with E-state index < -0.39 is 21.0 Å². The van der Waals surface area contributed by atoms with Crippen LogP contribution in [-0.4, -0.2) is 106 Å². The Morgan fingerprint density at radius 1 is 0.737 bits per heavy atom. The molecule has 1 N–H and O–H groups in total. The quantitative estimate of drug-likeness (QED) is 0.0474. The lowest BCUT2D eigenvalue weighted by molar-refractivity contribution is 0.00150. The van der Waals surface area contributed by atoms with Crippen molar-refractivity contribution >= 4 is 14.9 Å². The van der Waals surface area contributed by atoms with Gasteiger partial charge in [0, 0.05) is 39.0 Å². The fourth-order valence-electron chi connectivity index (χ4n) is 6.53. The predicted molar refractivity (Wildman–Crippen MR) is 220 cm³/mol. The summed E-state index contributed by atoms with van der Waals surface area (Å²) in [5, 5.41) is 2.85. The van der Waals surface area contributed by atoms with Gasteiger partial charge >= 0.3 is 14.9 Å². The second kappa shape index (κ2) is 22.5. The number of rotatable bonds is 27. The zero-order valence-corrected chi connectivity index (χ0v) is 35.9. The molecule has 3 unspecified atom stereocenters. The van der Waals surface area contributed by atoms with Gasteiger partial charge in [-0.1, -0.05) is 30.3 Å². The maximum absolute atomic E-state index is 12.9. The van der Waals surface area contributed by atoms with Crippen LogP contribution in [0.25, 0.3) is 0 Å². The molecule has 0 saturated carbocycles. The van der Waals surface area contributed by atoms with Crippen LogP contribution in [0.1, 0.15) is 73.1 Å². The highest BCUT2D eigenvalue weighted by Crippen LogP contribution is 2.32. The van der Waals surface area contributed by atoms with Gasteiger partial charge in [-0.2, -0.15) is 0 Å². The molecule has 0 aromatic heterocycles. The molecule has 2 heterocycles. The molecule has 0 aliphatic carbocycles. The topological polar surface area (TPSA) is 128 Å². The molecule has 5 rings (SSSR count). The Balaban J connectivity index is 1.23. The summed E-state index contributed by atoms with van der Waals surface area (Å²) in [6.45, 7) is 19.3. The SMILES string of the molecule is CCOCC(COc1cccc(Cc2cc(Cc3ccc(C)c(OCC4CO4)c3)c(C)c(OCC3CO3)c2)c1C)OC(=O)NCCC[Si](OCC)(OCC)OCC. The zero-order valence-electron chi connectivity index (χ0n) is 34.9. The average molecular weight is 810 g/mol. The first kappa shape index (κ1) is 44.4. The van der Waals surface area contributed by atoms with E-state index in [1.807, 2.05) is 39.8 Å². The molecular weight excluding hydrogens is 747 g/mol. The number of nitrogens with one attached hydrogen (secondary N) is 1. The van der Waals surface area contributed by atoms with E-state index in [-0.39, 0.29) is 25.4 Å². The second-order valence-corrected chi connectivity index (χ2v) is 17.1. The van der Waals surface area contributed by atoms with Gasteiger partial charge < -0.3 is 51.8 Å². The summed E-state index contributed by atoms with van der Waals surface area (Å²) in [6, 6.07) is 17.5. The summed E-state index contributed by atoms with van der Waals surface area (Å²) in [7, 11) is -2.79. The van der Waals surface area contributed by atoms with Gasteiger partial charge in [0.15, 0.2) is 6.10 Å². The van der Waals surface area contributed by atoms with Gasteiger partial charge in [0.1, 0.15) is 49.3 Å². The number of hydrogen-bond donors (Lipinski definition) is 1. The minimum Gasteiger partial charge on any atom is -0.491 e. The van der Waals surface area contributed by atoms with Crippen molar-refractivity contribution in [3.63, 3.8) is 0 Å². The molecule has 2 aliphatic heterocycles. The van der Waals surface area contributed by atoms with Crippen LogP contribution in [-0.2, 0) is 45.1 Å². The fourth-order valence-corrected chi connectivity index (χ4v) is 9.15. The maximum atomic E-state index is 12.9. The minimum atomic E-state index is -2.79. The largest absolute Gasteiger partial charge is 0.500 e. The molecule has 314 valence electrons. The van der Waals surface area contributed by atoms with E-state index in [9.17, 15) is 4.79 Å². The Labute approximate surface area is 340 Å². The molecule has 0 bridgehead atoms. The van der Waals surface area contributed by atoms with Crippen molar-refractivity contribution in [2.45, 2.75) is 92.1 Å². The van der Waals surface area contributed by atoms with Crippen molar-refractivity contribution in [3.8, 4) is 17.2 Å². The number of alkyl carbamates (subject to hydrolysis) is 1. The molecule has 2 fully saturated rings. The molecule has 13 heteroatoms. The summed E-state index contributed by atoms with van der Waals surface area (Å²) in [6.07, 6.45) is 1.25. The number of carbonyl (C=O) groups is 1. The summed E-state index contributed by atoms with van der Waals surface area (Å²) in [5.74, 6) is 2.48. The second-order valence-electron chi connectivity index (χ2n) is 14.4. The Hall–Kier alpha value is -3.69. The van der Waals surface area contributed by atoms with Gasteiger partial charge in [-0.15, -0.1) is 0 Å². The number of epoxide rings is 2. The molecule has 2 aliphatic rings. The Morgan fingerprint density at radius 3 is 2.02 bits per heavy atom. The highest BCUT2D eigenvalue weighted by Gasteiger charge is 2.39. The van der Waals surface area contributed by atoms with Crippen molar-refractivity contribution in [2.75, 3.05) is 72.6 Å². The molecule has 57 heavy (non-hydrogen) atoms. The number of carbonyl (C=O) groups excluding carboxylic acids is 1. The molecule has 3 aromatic rings. The summed E-state index contributed by atoms with van der Waals surface area (Å²) >= 11 is 0. The predicted octanol–water partition coefficient (Wildman–Crippen LogP) is 7.30. The first-order valence-corrected chi connectivity index (χ1v) is 22.4. The maximum Gasteiger partial charge on any atom is 0.500 e. The summed E-state index contributed by atoms with van der Waals surface area (Å²) < 4.78 is 58.7. The third-order valence-electron chi connectivity index (χ3n) is 9.85. The summed E-state index contributed by atoms with van der Waals surface area (Å²) in [5.41, 5.74) is 7.85.